The van der Waals surface area contributed by atoms with Gasteiger partial charge in [-0.25, -0.2) is 8.78 Å². The van der Waals surface area contributed by atoms with Gasteiger partial charge in [0.15, 0.2) is 5.78 Å². The minimum absolute atomic E-state index is 0.136. The third-order valence-corrected chi connectivity index (χ3v) is 5.36. The average Bonchev–Trinajstić information content (AvgIpc) is 2.65. The van der Waals surface area contributed by atoms with Gasteiger partial charge in [-0.2, -0.15) is 0 Å². The second-order valence-corrected chi connectivity index (χ2v) is 7.42. The SMILES string of the molecule is O=C(CN1CCC(C(=O)c2cc(F)ccc2F)CC1)Nc1ccccc1Br. The normalized spacial score (nSPS) is 15.5. The molecule has 27 heavy (non-hydrogen) atoms. The number of para-hydroxylation sites is 1. The van der Waals surface area contributed by atoms with E-state index in [0.717, 1.165) is 22.7 Å². The molecule has 2 aromatic carbocycles. The van der Waals surface area contributed by atoms with Gasteiger partial charge in [0.1, 0.15) is 11.6 Å². The highest BCUT2D eigenvalue weighted by atomic mass is 79.9. The number of ketones is 1. The minimum Gasteiger partial charge on any atom is -0.324 e. The summed E-state index contributed by atoms with van der Waals surface area (Å²) in [4.78, 5) is 26.6. The highest BCUT2D eigenvalue weighted by molar-refractivity contribution is 9.10. The molecule has 0 atom stereocenters. The first kappa shape index (κ1) is 19.6. The van der Waals surface area contributed by atoms with E-state index in [4.69, 9.17) is 0 Å². The summed E-state index contributed by atoms with van der Waals surface area (Å²) in [5.74, 6) is -2.19. The summed E-state index contributed by atoms with van der Waals surface area (Å²) in [5.41, 5.74) is 0.509. The molecule has 4 nitrogen and oxygen atoms in total. The predicted molar refractivity (Wildman–Crippen MR) is 103 cm³/mol. The van der Waals surface area contributed by atoms with E-state index in [2.05, 4.69) is 21.2 Å². The third-order valence-electron chi connectivity index (χ3n) is 4.67. The third kappa shape index (κ3) is 4.99. The molecule has 142 valence electrons. The number of nitrogens with one attached hydrogen (secondary N) is 1. The lowest BCUT2D eigenvalue weighted by Gasteiger charge is -2.30. The van der Waals surface area contributed by atoms with Gasteiger partial charge >= 0.3 is 0 Å². The molecule has 3 rings (SSSR count). The van der Waals surface area contributed by atoms with Crippen molar-refractivity contribution in [2.45, 2.75) is 12.8 Å². The first-order valence-corrected chi connectivity index (χ1v) is 9.49. The fraction of sp³-hybridized carbons (Fsp3) is 0.300. The molecule has 1 N–H and O–H groups in total. The number of amides is 1. The topological polar surface area (TPSA) is 49.4 Å². The number of benzene rings is 2. The van der Waals surface area contributed by atoms with Crippen molar-refractivity contribution in [3.63, 3.8) is 0 Å². The van der Waals surface area contributed by atoms with Crippen molar-refractivity contribution in [3.8, 4) is 0 Å². The van der Waals surface area contributed by atoms with Crippen molar-refractivity contribution in [2.24, 2.45) is 5.92 Å². The van der Waals surface area contributed by atoms with Crippen molar-refractivity contribution in [1.29, 1.82) is 0 Å². The highest BCUT2D eigenvalue weighted by Gasteiger charge is 2.28. The van der Waals surface area contributed by atoms with E-state index in [1.165, 1.54) is 0 Å². The highest BCUT2D eigenvalue weighted by Crippen LogP contribution is 2.24. The molecule has 1 fully saturated rings. The first-order valence-electron chi connectivity index (χ1n) is 8.70. The number of halogens is 3. The summed E-state index contributed by atoms with van der Waals surface area (Å²) < 4.78 is 27.9. The van der Waals surface area contributed by atoms with Crippen LogP contribution in [-0.2, 0) is 4.79 Å². The number of hydrogen-bond donors (Lipinski definition) is 1. The molecule has 1 aliphatic rings. The number of nitrogens with zero attached hydrogens (tertiary/aromatic N) is 1. The maximum absolute atomic E-state index is 13.8. The summed E-state index contributed by atoms with van der Waals surface area (Å²) in [5, 5.41) is 2.85. The lowest BCUT2D eigenvalue weighted by molar-refractivity contribution is -0.117. The molecular formula is C20H19BrF2N2O2. The van der Waals surface area contributed by atoms with E-state index < -0.39 is 11.6 Å². The number of piperidine rings is 1. The molecule has 0 bridgehead atoms. The summed E-state index contributed by atoms with van der Waals surface area (Å²) in [7, 11) is 0. The molecule has 1 aliphatic heterocycles. The Morgan fingerprint density at radius 3 is 2.52 bits per heavy atom. The Hall–Kier alpha value is -2.12. The zero-order valence-electron chi connectivity index (χ0n) is 14.6. The van der Waals surface area contributed by atoms with Crippen LogP contribution in [0.5, 0.6) is 0 Å². The second kappa shape index (κ2) is 8.71. The van der Waals surface area contributed by atoms with Gasteiger partial charge in [0, 0.05) is 10.4 Å². The number of hydrogen-bond acceptors (Lipinski definition) is 3. The summed E-state index contributed by atoms with van der Waals surface area (Å²) in [6.07, 6.45) is 1.02. The van der Waals surface area contributed by atoms with Crippen molar-refractivity contribution in [2.75, 3.05) is 25.0 Å². The van der Waals surface area contributed by atoms with E-state index in [0.29, 0.717) is 31.6 Å². The van der Waals surface area contributed by atoms with Gasteiger partial charge in [0.05, 0.1) is 17.8 Å². The summed E-state index contributed by atoms with van der Waals surface area (Å²) in [6.45, 7) is 1.32. The second-order valence-electron chi connectivity index (χ2n) is 6.57. The summed E-state index contributed by atoms with van der Waals surface area (Å²) in [6, 6.07) is 10.3. The van der Waals surface area contributed by atoms with E-state index >= 15 is 0 Å². The molecule has 0 unspecified atom stereocenters. The fourth-order valence-corrected chi connectivity index (χ4v) is 3.60. The van der Waals surface area contributed by atoms with E-state index in [-0.39, 0.29) is 29.7 Å². The quantitative estimate of drug-likeness (QED) is 0.712. The van der Waals surface area contributed by atoms with Crippen LogP contribution < -0.4 is 5.32 Å². The Bertz CT molecular complexity index is 852. The molecule has 0 saturated carbocycles. The Balaban J connectivity index is 1.53. The Morgan fingerprint density at radius 2 is 1.81 bits per heavy atom. The molecule has 0 aliphatic carbocycles. The fourth-order valence-electron chi connectivity index (χ4n) is 3.21. The molecule has 0 aromatic heterocycles. The Kier molecular flexibility index (Phi) is 6.34. The lowest BCUT2D eigenvalue weighted by Crippen LogP contribution is -2.40. The van der Waals surface area contributed by atoms with Crippen LogP contribution in [0.1, 0.15) is 23.2 Å². The molecule has 2 aromatic rings. The number of rotatable bonds is 5. The monoisotopic (exact) mass is 436 g/mol. The van der Waals surface area contributed by atoms with E-state index in [1.807, 2.05) is 23.1 Å². The summed E-state index contributed by atoms with van der Waals surface area (Å²) >= 11 is 3.38. The number of carbonyl (C=O) groups excluding carboxylic acids is 2. The van der Waals surface area contributed by atoms with Gasteiger partial charge in [0.25, 0.3) is 0 Å². The molecule has 0 spiro atoms. The number of anilines is 1. The van der Waals surface area contributed by atoms with Crippen LogP contribution in [0.25, 0.3) is 0 Å². The van der Waals surface area contributed by atoms with Crippen LogP contribution in [0, 0.1) is 17.6 Å². The van der Waals surface area contributed by atoms with Crippen molar-refractivity contribution in [3.05, 3.63) is 64.1 Å². The molecule has 1 saturated heterocycles. The van der Waals surface area contributed by atoms with Crippen LogP contribution in [-0.4, -0.2) is 36.2 Å². The molecule has 1 amide bonds. The molecule has 1 heterocycles. The van der Waals surface area contributed by atoms with Gasteiger partial charge in [0.2, 0.25) is 5.91 Å². The first-order chi connectivity index (χ1) is 12.9. The van der Waals surface area contributed by atoms with Gasteiger partial charge in [-0.15, -0.1) is 0 Å². The van der Waals surface area contributed by atoms with Gasteiger partial charge in [-0.1, -0.05) is 12.1 Å². The Morgan fingerprint density at radius 1 is 1.11 bits per heavy atom. The van der Waals surface area contributed by atoms with Crippen LogP contribution in [0.2, 0.25) is 0 Å². The van der Waals surface area contributed by atoms with Crippen LogP contribution >= 0.6 is 15.9 Å². The lowest BCUT2D eigenvalue weighted by atomic mass is 9.88. The molecule has 0 radical (unpaired) electrons. The molecule has 7 heteroatoms. The smallest absolute Gasteiger partial charge is 0.238 e. The van der Waals surface area contributed by atoms with E-state index in [1.54, 1.807) is 6.07 Å². The van der Waals surface area contributed by atoms with Crippen molar-refractivity contribution >= 4 is 33.3 Å². The standard InChI is InChI=1S/C20H19BrF2N2O2/c21-16-3-1-2-4-18(16)24-19(26)12-25-9-7-13(8-10-25)20(27)15-11-14(22)5-6-17(15)23/h1-6,11,13H,7-10,12H2,(H,24,26). The van der Waals surface area contributed by atoms with E-state index in [9.17, 15) is 18.4 Å². The maximum atomic E-state index is 13.8. The zero-order chi connectivity index (χ0) is 19.4. The number of Topliss-reactive ketones (excluding diaryl/α,β-unsaturated/α-hetero) is 1. The van der Waals surface area contributed by atoms with Crippen LogP contribution in [0.3, 0.4) is 0 Å². The van der Waals surface area contributed by atoms with Crippen molar-refractivity contribution < 1.29 is 18.4 Å². The maximum Gasteiger partial charge on any atom is 0.238 e. The largest absolute Gasteiger partial charge is 0.324 e. The molecular weight excluding hydrogens is 418 g/mol. The predicted octanol–water partition coefficient (Wildman–Crippen LogP) is 4.26. The minimum atomic E-state index is -0.698. The van der Waals surface area contributed by atoms with Crippen LogP contribution in [0.4, 0.5) is 14.5 Å². The number of likely N-dealkylation sites (tertiary alicyclic amines) is 1. The Labute approximate surface area is 164 Å². The van der Waals surface area contributed by atoms with Gasteiger partial charge in [-0.3, -0.25) is 14.5 Å². The average molecular weight is 437 g/mol. The van der Waals surface area contributed by atoms with Crippen molar-refractivity contribution in [1.82, 2.24) is 4.90 Å². The van der Waals surface area contributed by atoms with Gasteiger partial charge in [-0.05, 0) is 72.2 Å². The van der Waals surface area contributed by atoms with Crippen LogP contribution in [0.15, 0.2) is 46.9 Å². The number of carbonyl (C=O) groups is 2. The van der Waals surface area contributed by atoms with Gasteiger partial charge < -0.3 is 5.32 Å². The zero-order valence-corrected chi connectivity index (χ0v) is 16.1.